The molecule has 0 fully saturated rings. The Morgan fingerprint density at radius 1 is 1.29 bits per heavy atom. The first-order valence-corrected chi connectivity index (χ1v) is 6.24. The van der Waals surface area contributed by atoms with Gasteiger partial charge in [-0.3, -0.25) is 0 Å². The number of thiazole rings is 1. The van der Waals surface area contributed by atoms with Crippen molar-refractivity contribution in [1.82, 2.24) is 9.97 Å². The molecule has 17 heavy (non-hydrogen) atoms. The van der Waals surface area contributed by atoms with Crippen LogP contribution in [0.1, 0.15) is 10.7 Å². The highest BCUT2D eigenvalue weighted by molar-refractivity contribution is 7.09. The van der Waals surface area contributed by atoms with Gasteiger partial charge in [-0.05, 0) is 19.1 Å². The Hall–Kier alpha value is -1.66. The number of hydrazine groups is 1. The molecule has 2 aromatic rings. The van der Waals surface area contributed by atoms with Crippen molar-refractivity contribution in [1.29, 1.82) is 0 Å². The van der Waals surface area contributed by atoms with E-state index in [4.69, 9.17) is 5.84 Å². The average Bonchev–Trinajstić information content (AvgIpc) is 2.75. The molecule has 6 heteroatoms. The third-order valence-corrected chi connectivity index (χ3v) is 3.23. The summed E-state index contributed by atoms with van der Waals surface area (Å²) in [4.78, 5) is 8.66. The van der Waals surface area contributed by atoms with E-state index >= 15 is 0 Å². The number of nitrogens with two attached hydrogens (primary N) is 1. The van der Waals surface area contributed by atoms with Gasteiger partial charge in [-0.2, -0.15) is 0 Å². The van der Waals surface area contributed by atoms with E-state index in [1.165, 1.54) is 0 Å². The molecule has 0 aliphatic carbocycles. The molecule has 4 N–H and O–H groups in total. The molecule has 0 radical (unpaired) electrons. The van der Waals surface area contributed by atoms with Crippen LogP contribution in [0.15, 0.2) is 23.6 Å². The van der Waals surface area contributed by atoms with Crippen LogP contribution >= 0.6 is 11.3 Å². The van der Waals surface area contributed by atoms with Crippen LogP contribution in [0, 0.1) is 6.92 Å². The number of anilines is 2. The lowest BCUT2D eigenvalue weighted by molar-refractivity contribution is 0.977. The lowest BCUT2D eigenvalue weighted by Gasteiger charge is -2.05. The van der Waals surface area contributed by atoms with Gasteiger partial charge >= 0.3 is 0 Å². The van der Waals surface area contributed by atoms with Gasteiger partial charge in [0.25, 0.3) is 0 Å². The molecule has 0 atom stereocenters. The molecule has 90 valence electrons. The maximum atomic E-state index is 5.29. The van der Waals surface area contributed by atoms with E-state index in [0.717, 1.165) is 29.5 Å². The fraction of sp³-hybridized carbons (Fsp3) is 0.273. The minimum absolute atomic E-state index is 0.653. The third-order valence-electron chi connectivity index (χ3n) is 2.21. The lowest BCUT2D eigenvalue weighted by Crippen LogP contribution is -2.11. The molecule has 0 bridgehead atoms. The molecule has 5 nitrogen and oxygen atoms in total. The average molecular weight is 249 g/mol. The maximum Gasteiger partial charge on any atom is 0.142 e. The molecule has 2 rings (SSSR count). The fourth-order valence-corrected chi connectivity index (χ4v) is 2.20. The predicted octanol–water partition coefficient (Wildman–Crippen LogP) is 1.79. The first-order valence-electron chi connectivity index (χ1n) is 5.36. The van der Waals surface area contributed by atoms with Gasteiger partial charge in [-0.25, -0.2) is 15.8 Å². The van der Waals surface area contributed by atoms with Crippen LogP contribution in [-0.4, -0.2) is 16.5 Å². The Labute approximate surface area is 104 Å². The van der Waals surface area contributed by atoms with E-state index in [2.05, 4.69) is 26.1 Å². The number of nitrogens with zero attached hydrogens (tertiary/aromatic N) is 2. The van der Waals surface area contributed by atoms with Crippen molar-refractivity contribution in [3.63, 3.8) is 0 Å². The van der Waals surface area contributed by atoms with Crippen molar-refractivity contribution >= 4 is 23.0 Å². The standard InChI is InChI=1S/C11H15N5S/c1-8-7-17-11(14-8)5-6-13-9-3-2-4-10(15-9)16-12/h2-4,7H,5-6,12H2,1H3,(H2,13,15,16). The zero-order valence-corrected chi connectivity index (χ0v) is 10.4. The highest BCUT2D eigenvalue weighted by atomic mass is 32.1. The molecule has 0 saturated heterocycles. The zero-order chi connectivity index (χ0) is 12.1. The number of aryl methyl sites for hydroxylation is 1. The van der Waals surface area contributed by atoms with Crippen LogP contribution in [0.5, 0.6) is 0 Å². The van der Waals surface area contributed by atoms with E-state index in [0.29, 0.717) is 5.82 Å². The van der Waals surface area contributed by atoms with Crippen LogP contribution in [-0.2, 0) is 6.42 Å². The predicted molar refractivity (Wildman–Crippen MR) is 71.1 cm³/mol. The fourth-order valence-electron chi connectivity index (χ4n) is 1.43. The molecule has 0 aliphatic rings. The minimum Gasteiger partial charge on any atom is -0.370 e. The molecular weight excluding hydrogens is 234 g/mol. The molecule has 0 spiro atoms. The Balaban J connectivity index is 1.85. The van der Waals surface area contributed by atoms with Gasteiger partial charge in [0.2, 0.25) is 0 Å². The molecule has 0 unspecified atom stereocenters. The van der Waals surface area contributed by atoms with Gasteiger partial charge in [-0.15, -0.1) is 11.3 Å². The van der Waals surface area contributed by atoms with E-state index in [1.807, 2.05) is 25.1 Å². The van der Waals surface area contributed by atoms with Crippen molar-refractivity contribution in [3.8, 4) is 0 Å². The van der Waals surface area contributed by atoms with Gasteiger partial charge in [0.1, 0.15) is 11.6 Å². The van der Waals surface area contributed by atoms with Crippen LogP contribution in [0.4, 0.5) is 11.6 Å². The highest BCUT2D eigenvalue weighted by Gasteiger charge is 1.99. The summed E-state index contributed by atoms with van der Waals surface area (Å²) in [6.07, 6.45) is 0.903. The largest absolute Gasteiger partial charge is 0.370 e. The Bertz CT molecular complexity index is 482. The van der Waals surface area contributed by atoms with Crippen molar-refractivity contribution in [3.05, 3.63) is 34.3 Å². The van der Waals surface area contributed by atoms with Gasteiger partial charge in [0.15, 0.2) is 0 Å². The maximum absolute atomic E-state index is 5.29. The Morgan fingerprint density at radius 2 is 2.12 bits per heavy atom. The quantitative estimate of drug-likeness (QED) is 0.556. The second-order valence-corrected chi connectivity index (χ2v) is 4.55. The molecule has 0 saturated carbocycles. The van der Waals surface area contributed by atoms with E-state index in [1.54, 1.807) is 11.3 Å². The summed E-state index contributed by atoms with van der Waals surface area (Å²) in [5, 5.41) is 6.44. The zero-order valence-electron chi connectivity index (χ0n) is 9.60. The summed E-state index contributed by atoms with van der Waals surface area (Å²) < 4.78 is 0. The second-order valence-electron chi connectivity index (χ2n) is 3.61. The number of nitrogens with one attached hydrogen (secondary N) is 2. The highest BCUT2D eigenvalue weighted by Crippen LogP contribution is 2.11. The molecule has 0 aromatic carbocycles. The Kier molecular flexibility index (Phi) is 3.89. The van der Waals surface area contributed by atoms with E-state index in [9.17, 15) is 0 Å². The van der Waals surface area contributed by atoms with Crippen molar-refractivity contribution < 1.29 is 0 Å². The number of hydrogen-bond acceptors (Lipinski definition) is 6. The second kappa shape index (κ2) is 5.60. The summed E-state index contributed by atoms with van der Waals surface area (Å²) in [5.74, 6) is 6.76. The molecular formula is C11H15N5S. The monoisotopic (exact) mass is 249 g/mol. The number of nitrogen functional groups attached to an aromatic ring is 1. The van der Waals surface area contributed by atoms with Crippen LogP contribution in [0.3, 0.4) is 0 Å². The number of rotatable bonds is 5. The molecule has 2 heterocycles. The van der Waals surface area contributed by atoms with Crippen molar-refractivity contribution in [2.24, 2.45) is 5.84 Å². The third kappa shape index (κ3) is 3.40. The minimum atomic E-state index is 0.653. The smallest absolute Gasteiger partial charge is 0.142 e. The molecule has 2 aromatic heterocycles. The van der Waals surface area contributed by atoms with Crippen molar-refractivity contribution in [2.45, 2.75) is 13.3 Å². The Morgan fingerprint density at radius 3 is 2.82 bits per heavy atom. The van der Waals surface area contributed by atoms with E-state index < -0.39 is 0 Å². The van der Waals surface area contributed by atoms with Gasteiger partial charge in [0.05, 0.1) is 5.01 Å². The summed E-state index contributed by atoms with van der Waals surface area (Å²) in [6.45, 7) is 2.82. The summed E-state index contributed by atoms with van der Waals surface area (Å²) in [5.41, 5.74) is 3.60. The van der Waals surface area contributed by atoms with Crippen LogP contribution in [0.2, 0.25) is 0 Å². The number of aromatic nitrogens is 2. The summed E-state index contributed by atoms with van der Waals surface area (Å²) >= 11 is 1.69. The molecule has 0 aliphatic heterocycles. The lowest BCUT2D eigenvalue weighted by atomic mass is 10.4. The van der Waals surface area contributed by atoms with Crippen molar-refractivity contribution in [2.75, 3.05) is 17.3 Å². The van der Waals surface area contributed by atoms with Crippen LogP contribution < -0.4 is 16.6 Å². The molecule has 0 amide bonds. The van der Waals surface area contributed by atoms with Crippen LogP contribution in [0.25, 0.3) is 0 Å². The number of hydrogen-bond donors (Lipinski definition) is 3. The summed E-state index contributed by atoms with van der Waals surface area (Å²) in [7, 11) is 0. The SMILES string of the molecule is Cc1csc(CCNc2cccc(NN)n2)n1. The first kappa shape index (κ1) is 11.8. The first-order chi connectivity index (χ1) is 8.28. The van der Waals surface area contributed by atoms with E-state index in [-0.39, 0.29) is 0 Å². The van der Waals surface area contributed by atoms with Gasteiger partial charge in [0, 0.05) is 24.0 Å². The summed E-state index contributed by atoms with van der Waals surface area (Å²) in [6, 6.07) is 5.63. The number of pyridine rings is 1. The van der Waals surface area contributed by atoms with Gasteiger partial charge < -0.3 is 10.7 Å². The van der Waals surface area contributed by atoms with Gasteiger partial charge in [-0.1, -0.05) is 6.07 Å². The topological polar surface area (TPSA) is 75.9 Å². The normalized spacial score (nSPS) is 10.2.